The summed E-state index contributed by atoms with van der Waals surface area (Å²) in [5, 5.41) is 10.8. The minimum Gasteiger partial charge on any atom is -0.268 e. The standard InChI is InChI=1S/C25H14Cl2N2O2/c26-19-10-6-16(7-11-19)21-14-23(17-8-12-20(27)13-9-17)29(25(31)22(21)15-28)24(30)18-4-2-1-3-5-18/h1-14H. The van der Waals surface area contributed by atoms with Crippen LogP contribution in [0.1, 0.15) is 15.9 Å². The van der Waals surface area contributed by atoms with Crippen molar-refractivity contribution in [1.29, 1.82) is 5.26 Å². The van der Waals surface area contributed by atoms with E-state index in [4.69, 9.17) is 23.2 Å². The van der Waals surface area contributed by atoms with Crippen LogP contribution in [0.25, 0.3) is 22.4 Å². The summed E-state index contributed by atoms with van der Waals surface area (Å²) in [5.74, 6) is -0.519. The predicted molar refractivity (Wildman–Crippen MR) is 122 cm³/mol. The Morgan fingerprint density at radius 3 is 1.90 bits per heavy atom. The van der Waals surface area contributed by atoms with Crippen molar-refractivity contribution in [3.63, 3.8) is 0 Å². The maximum absolute atomic E-state index is 13.4. The molecule has 4 aromatic rings. The number of benzene rings is 3. The number of rotatable bonds is 3. The number of carbonyl (C=O) groups is 1. The van der Waals surface area contributed by atoms with Crippen LogP contribution in [-0.2, 0) is 0 Å². The topological polar surface area (TPSA) is 62.9 Å². The molecule has 4 rings (SSSR count). The minimum absolute atomic E-state index is 0.121. The van der Waals surface area contributed by atoms with E-state index in [1.165, 1.54) is 0 Å². The smallest absolute Gasteiger partial charge is 0.268 e. The van der Waals surface area contributed by atoms with E-state index in [0.29, 0.717) is 38.0 Å². The second-order valence-corrected chi connectivity index (χ2v) is 7.63. The first-order valence-corrected chi connectivity index (χ1v) is 10.1. The van der Waals surface area contributed by atoms with Crippen LogP contribution in [0.3, 0.4) is 0 Å². The summed E-state index contributed by atoms with van der Waals surface area (Å²) in [6, 6.07) is 25.7. The molecule has 0 aliphatic heterocycles. The normalized spacial score (nSPS) is 10.5. The highest BCUT2D eigenvalue weighted by molar-refractivity contribution is 6.31. The number of nitriles is 1. The van der Waals surface area contributed by atoms with Gasteiger partial charge in [-0.2, -0.15) is 5.26 Å². The summed E-state index contributed by atoms with van der Waals surface area (Å²) < 4.78 is 1.04. The number of hydrogen-bond donors (Lipinski definition) is 0. The monoisotopic (exact) mass is 444 g/mol. The third kappa shape index (κ3) is 4.02. The molecule has 0 unspecified atom stereocenters. The van der Waals surface area contributed by atoms with Crippen molar-refractivity contribution < 1.29 is 4.79 Å². The van der Waals surface area contributed by atoms with Crippen LogP contribution in [0.2, 0.25) is 10.0 Å². The van der Waals surface area contributed by atoms with E-state index < -0.39 is 11.5 Å². The molecule has 0 spiro atoms. The largest absolute Gasteiger partial charge is 0.276 e. The van der Waals surface area contributed by atoms with Crippen molar-refractivity contribution in [2.24, 2.45) is 0 Å². The van der Waals surface area contributed by atoms with Gasteiger partial charge in [-0.05, 0) is 53.6 Å². The Labute approximate surface area is 188 Å². The first kappa shape index (κ1) is 20.6. The van der Waals surface area contributed by atoms with Gasteiger partial charge in [-0.15, -0.1) is 0 Å². The predicted octanol–water partition coefficient (Wildman–Crippen LogP) is 6.05. The zero-order valence-electron chi connectivity index (χ0n) is 16.0. The lowest BCUT2D eigenvalue weighted by Gasteiger charge is -2.16. The lowest BCUT2D eigenvalue weighted by molar-refractivity contribution is 0.0958. The molecule has 0 aliphatic carbocycles. The van der Waals surface area contributed by atoms with Gasteiger partial charge < -0.3 is 0 Å². The number of pyridine rings is 1. The van der Waals surface area contributed by atoms with E-state index in [-0.39, 0.29) is 5.56 Å². The van der Waals surface area contributed by atoms with Gasteiger partial charge in [-0.25, -0.2) is 4.57 Å². The number of hydrogen-bond acceptors (Lipinski definition) is 3. The highest BCUT2D eigenvalue weighted by Crippen LogP contribution is 2.29. The van der Waals surface area contributed by atoms with Crippen molar-refractivity contribution in [3.8, 4) is 28.5 Å². The number of carbonyl (C=O) groups excluding carboxylic acids is 1. The average molecular weight is 445 g/mol. The van der Waals surface area contributed by atoms with Gasteiger partial charge >= 0.3 is 0 Å². The van der Waals surface area contributed by atoms with Gasteiger partial charge in [0.1, 0.15) is 11.6 Å². The van der Waals surface area contributed by atoms with Crippen LogP contribution in [0, 0.1) is 11.3 Å². The highest BCUT2D eigenvalue weighted by atomic mass is 35.5. The molecule has 1 aromatic heterocycles. The summed E-state index contributed by atoms with van der Waals surface area (Å²) in [6.07, 6.45) is 0. The SMILES string of the molecule is N#Cc1c(-c2ccc(Cl)cc2)cc(-c2ccc(Cl)cc2)n(C(=O)c2ccccc2)c1=O. The van der Waals surface area contributed by atoms with E-state index in [0.717, 1.165) is 4.57 Å². The minimum atomic E-state index is -0.686. The van der Waals surface area contributed by atoms with Gasteiger partial charge in [0.25, 0.3) is 11.5 Å². The molecule has 0 radical (unpaired) electrons. The Morgan fingerprint density at radius 2 is 1.35 bits per heavy atom. The molecule has 0 fully saturated rings. The first-order valence-electron chi connectivity index (χ1n) is 9.31. The van der Waals surface area contributed by atoms with Gasteiger partial charge in [0.15, 0.2) is 0 Å². The highest BCUT2D eigenvalue weighted by Gasteiger charge is 2.22. The summed E-state index contributed by atoms with van der Waals surface area (Å²) in [6.45, 7) is 0. The lowest BCUT2D eigenvalue weighted by Crippen LogP contribution is -2.31. The molecular weight excluding hydrogens is 431 g/mol. The van der Waals surface area contributed by atoms with Crippen LogP contribution in [0.4, 0.5) is 0 Å². The zero-order valence-corrected chi connectivity index (χ0v) is 17.6. The van der Waals surface area contributed by atoms with Crippen molar-refractivity contribution in [2.45, 2.75) is 0 Å². The molecule has 0 amide bonds. The van der Waals surface area contributed by atoms with E-state index >= 15 is 0 Å². The molecule has 31 heavy (non-hydrogen) atoms. The van der Waals surface area contributed by atoms with Crippen molar-refractivity contribution in [3.05, 3.63) is 116 Å². The quantitative estimate of drug-likeness (QED) is 0.386. The Morgan fingerprint density at radius 1 is 0.806 bits per heavy atom. The maximum Gasteiger partial charge on any atom is 0.276 e. The summed E-state index contributed by atoms with van der Waals surface area (Å²) in [4.78, 5) is 26.7. The van der Waals surface area contributed by atoms with E-state index in [2.05, 4.69) is 0 Å². The second-order valence-electron chi connectivity index (χ2n) is 6.76. The fourth-order valence-corrected chi connectivity index (χ4v) is 3.57. The maximum atomic E-state index is 13.4. The molecule has 0 aliphatic rings. The Bertz CT molecular complexity index is 1370. The molecule has 1 heterocycles. The van der Waals surface area contributed by atoms with Crippen LogP contribution in [0.15, 0.2) is 89.7 Å². The average Bonchev–Trinajstić information content (AvgIpc) is 2.80. The number of aromatic nitrogens is 1. The van der Waals surface area contributed by atoms with Gasteiger partial charge in [-0.1, -0.05) is 65.7 Å². The molecular formula is C25H14Cl2N2O2. The zero-order chi connectivity index (χ0) is 22.0. The molecule has 0 atom stereocenters. The van der Waals surface area contributed by atoms with Crippen LogP contribution in [0.5, 0.6) is 0 Å². The first-order chi connectivity index (χ1) is 15.0. The molecule has 0 saturated heterocycles. The Balaban J connectivity index is 2.05. The lowest BCUT2D eigenvalue weighted by atomic mass is 9.98. The van der Waals surface area contributed by atoms with Crippen LogP contribution < -0.4 is 5.56 Å². The van der Waals surface area contributed by atoms with Crippen molar-refractivity contribution >= 4 is 29.1 Å². The Kier molecular flexibility index (Phi) is 5.73. The van der Waals surface area contributed by atoms with E-state index in [1.54, 1.807) is 84.9 Å². The van der Waals surface area contributed by atoms with Crippen LogP contribution >= 0.6 is 23.2 Å². The van der Waals surface area contributed by atoms with Crippen LogP contribution in [-0.4, -0.2) is 10.5 Å². The fourth-order valence-electron chi connectivity index (χ4n) is 3.32. The van der Waals surface area contributed by atoms with Crippen molar-refractivity contribution in [1.82, 2.24) is 4.57 Å². The molecule has 0 saturated carbocycles. The summed E-state index contributed by atoms with van der Waals surface area (Å²) >= 11 is 12.0. The van der Waals surface area contributed by atoms with Crippen molar-refractivity contribution in [2.75, 3.05) is 0 Å². The number of nitrogens with zero attached hydrogens (tertiary/aromatic N) is 2. The second kappa shape index (κ2) is 8.61. The fraction of sp³-hybridized carbons (Fsp3) is 0. The van der Waals surface area contributed by atoms with Gasteiger partial charge in [0.05, 0.1) is 5.69 Å². The molecule has 3 aromatic carbocycles. The third-order valence-electron chi connectivity index (χ3n) is 4.84. The summed E-state index contributed by atoms with van der Waals surface area (Å²) in [5.41, 5.74) is 1.57. The molecule has 150 valence electrons. The third-order valence-corrected chi connectivity index (χ3v) is 5.34. The van der Waals surface area contributed by atoms with Gasteiger partial charge in [0, 0.05) is 21.2 Å². The van der Waals surface area contributed by atoms with Gasteiger partial charge in [0.2, 0.25) is 0 Å². The van der Waals surface area contributed by atoms with E-state index in [1.807, 2.05) is 6.07 Å². The molecule has 0 N–H and O–H groups in total. The molecule has 6 heteroatoms. The van der Waals surface area contributed by atoms with E-state index in [9.17, 15) is 14.9 Å². The Hall–Kier alpha value is -3.65. The molecule has 4 nitrogen and oxygen atoms in total. The molecule has 0 bridgehead atoms. The summed E-state index contributed by atoms with van der Waals surface area (Å²) in [7, 11) is 0. The van der Waals surface area contributed by atoms with Gasteiger partial charge in [-0.3, -0.25) is 9.59 Å². The number of halogens is 2.